The first-order valence-corrected chi connectivity index (χ1v) is 4.39. The first kappa shape index (κ1) is 9.41. The molecule has 0 amide bonds. The van der Waals surface area contributed by atoms with Gasteiger partial charge in [-0.25, -0.2) is 4.39 Å². The van der Waals surface area contributed by atoms with Crippen LogP contribution in [0.2, 0.25) is 0 Å². The fourth-order valence-electron chi connectivity index (χ4n) is 1.44. The first-order chi connectivity index (χ1) is 7.20. The molecular formula is C11H7FN2O. The molecule has 4 heteroatoms. The molecule has 1 N–H and O–H groups in total. The highest BCUT2D eigenvalue weighted by Crippen LogP contribution is 2.12. The van der Waals surface area contributed by atoms with Crippen LogP contribution >= 0.6 is 0 Å². The molecule has 2 aromatic rings. The lowest BCUT2D eigenvalue weighted by atomic mass is 10.1. The largest absolute Gasteiger partial charge is 0.322 e. The number of halogens is 1. The molecule has 0 aliphatic carbocycles. The van der Waals surface area contributed by atoms with E-state index in [4.69, 9.17) is 5.26 Å². The molecule has 0 saturated carbocycles. The third-order valence-electron chi connectivity index (χ3n) is 2.15. The van der Waals surface area contributed by atoms with Crippen molar-refractivity contribution in [1.29, 1.82) is 5.26 Å². The van der Waals surface area contributed by atoms with Crippen molar-refractivity contribution < 1.29 is 4.39 Å². The van der Waals surface area contributed by atoms with Gasteiger partial charge in [-0.1, -0.05) is 0 Å². The Morgan fingerprint density at radius 2 is 2.20 bits per heavy atom. The summed E-state index contributed by atoms with van der Waals surface area (Å²) in [6.45, 7) is 0. The summed E-state index contributed by atoms with van der Waals surface area (Å²) in [5.41, 5.74) is 0.634. The molecule has 0 unspecified atom stereocenters. The lowest BCUT2D eigenvalue weighted by Gasteiger charge is -1.99. The van der Waals surface area contributed by atoms with Gasteiger partial charge < -0.3 is 4.98 Å². The zero-order valence-corrected chi connectivity index (χ0v) is 7.75. The van der Waals surface area contributed by atoms with Crippen molar-refractivity contribution in [2.45, 2.75) is 6.42 Å². The number of benzene rings is 1. The van der Waals surface area contributed by atoms with Crippen LogP contribution in [0.4, 0.5) is 4.39 Å². The van der Waals surface area contributed by atoms with Crippen LogP contribution in [-0.4, -0.2) is 4.98 Å². The summed E-state index contributed by atoms with van der Waals surface area (Å²) in [5, 5.41) is 9.09. The van der Waals surface area contributed by atoms with Crippen molar-refractivity contribution >= 4 is 10.9 Å². The Kier molecular flexibility index (Phi) is 2.22. The standard InChI is InChI=1S/C11H7FN2O/c12-9-1-2-10-8(6-9)5-7(3-4-13)11(15)14-10/h1-2,5-6H,3H2,(H,14,15). The average molecular weight is 202 g/mol. The number of hydrogen-bond donors (Lipinski definition) is 1. The molecule has 0 radical (unpaired) electrons. The lowest BCUT2D eigenvalue weighted by molar-refractivity contribution is 0.629. The Balaban J connectivity index is 2.73. The van der Waals surface area contributed by atoms with Crippen LogP contribution in [0.15, 0.2) is 29.1 Å². The van der Waals surface area contributed by atoms with Gasteiger partial charge in [-0.3, -0.25) is 4.79 Å². The van der Waals surface area contributed by atoms with E-state index in [0.29, 0.717) is 16.5 Å². The molecule has 0 saturated heterocycles. The van der Waals surface area contributed by atoms with Gasteiger partial charge in [0.05, 0.1) is 12.5 Å². The number of fused-ring (bicyclic) bond motifs is 1. The number of H-pyrrole nitrogens is 1. The molecule has 0 fully saturated rings. The predicted octanol–water partition coefficient (Wildman–Crippen LogP) is 1.73. The first-order valence-electron chi connectivity index (χ1n) is 4.39. The van der Waals surface area contributed by atoms with Crippen LogP contribution in [0.5, 0.6) is 0 Å². The fourth-order valence-corrected chi connectivity index (χ4v) is 1.44. The molecule has 2 rings (SSSR count). The number of hydrogen-bond acceptors (Lipinski definition) is 2. The van der Waals surface area contributed by atoms with Crippen molar-refractivity contribution in [3.05, 3.63) is 46.0 Å². The molecule has 1 aromatic carbocycles. The van der Waals surface area contributed by atoms with Gasteiger partial charge in [0, 0.05) is 16.5 Å². The Bertz CT molecular complexity index is 610. The van der Waals surface area contributed by atoms with E-state index in [1.165, 1.54) is 18.2 Å². The molecule has 0 bridgehead atoms. The van der Waals surface area contributed by atoms with Gasteiger partial charge in [-0.15, -0.1) is 0 Å². The van der Waals surface area contributed by atoms with E-state index >= 15 is 0 Å². The maximum atomic E-state index is 12.9. The van der Waals surface area contributed by atoms with Gasteiger partial charge >= 0.3 is 0 Å². The van der Waals surface area contributed by atoms with Crippen molar-refractivity contribution in [2.75, 3.05) is 0 Å². The quantitative estimate of drug-likeness (QED) is 0.765. The molecule has 0 atom stereocenters. The third-order valence-corrected chi connectivity index (χ3v) is 2.15. The van der Waals surface area contributed by atoms with Crippen LogP contribution in [0.25, 0.3) is 10.9 Å². The van der Waals surface area contributed by atoms with Crippen LogP contribution in [-0.2, 0) is 6.42 Å². The van der Waals surface area contributed by atoms with Crippen LogP contribution in [0.1, 0.15) is 5.56 Å². The van der Waals surface area contributed by atoms with E-state index in [2.05, 4.69) is 4.98 Å². The molecule has 74 valence electrons. The van der Waals surface area contributed by atoms with Crippen molar-refractivity contribution in [3.63, 3.8) is 0 Å². The van der Waals surface area contributed by atoms with Crippen LogP contribution in [0.3, 0.4) is 0 Å². The molecule has 15 heavy (non-hydrogen) atoms. The maximum absolute atomic E-state index is 12.9. The van der Waals surface area contributed by atoms with Gasteiger partial charge in [-0.2, -0.15) is 5.26 Å². The highest BCUT2D eigenvalue weighted by atomic mass is 19.1. The van der Waals surface area contributed by atoms with Crippen molar-refractivity contribution in [3.8, 4) is 6.07 Å². The summed E-state index contributed by atoms with van der Waals surface area (Å²) in [7, 11) is 0. The summed E-state index contributed by atoms with van der Waals surface area (Å²) in [6, 6.07) is 7.54. The second-order valence-electron chi connectivity index (χ2n) is 3.19. The Hall–Kier alpha value is -2.15. The number of nitrogens with zero attached hydrogens (tertiary/aromatic N) is 1. The van der Waals surface area contributed by atoms with E-state index in [1.54, 1.807) is 6.07 Å². The molecule has 1 heterocycles. The topological polar surface area (TPSA) is 56.6 Å². The summed E-state index contributed by atoms with van der Waals surface area (Å²) < 4.78 is 12.9. The van der Waals surface area contributed by atoms with Crippen molar-refractivity contribution in [2.24, 2.45) is 0 Å². The fraction of sp³-hybridized carbons (Fsp3) is 0.0909. The normalized spacial score (nSPS) is 10.1. The second-order valence-corrected chi connectivity index (χ2v) is 3.19. The smallest absolute Gasteiger partial charge is 0.252 e. The minimum atomic E-state index is -0.363. The van der Waals surface area contributed by atoms with E-state index in [1.807, 2.05) is 6.07 Å². The summed E-state index contributed by atoms with van der Waals surface area (Å²) in [4.78, 5) is 14.0. The molecule has 0 spiro atoms. The van der Waals surface area contributed by atoms with Gasteiger partial charge in [0.25, 0.3) is 5.56 Å². The van der Waals surface area contributed by atoms with Crippen LogP contribution in [0, 0.1) is 17.1 Å². The molecule has 3 nitrogen and oxygen atoms in total. The minimum absolute atomic E-state index is 0.0296. The molecule has 0 aliphatic heterocycles. The number of nitriles is 1. The molecular weight excluding hydrogens is 195 g/mol. The maximum Gasteiger partial charge on any atom is 0.252 e. The van der Waals surface area contributed by atoms with E-state index < -0.39 is 0 Å². The minimum Gasteiger partial charge on any atom is -0.322 e. The zero-order valence-electron chi connectivity index (χ0n) is 7.75. The number of aromatic nitrogens is 1. The highest BCUT2D eigenvalue weighted by molar-refractivity contribution is 5.78. The summed E-state index contributed by atoms with van der Waals surface area (Å²) >= 11 is 0. The van der Waals surface area contributed by atoms with E-state index in [9.17, 15) is 9.18 Å². The molecule has 0 aliphatic rings. The van der Waals surface area contributed by atoms with Gasteiger partial charge in [-0.05, 0) is 24.3 Å². The van der Waals surface area contributed by atoms with Crippen molar-refractivity contribution in [1.82, 2.24) is 4.98 Å². The predicted molar refractivity (Wildman–Crippen MR) is 53.8 cm³/mol. The number of nitrogens with one attached hydrogen (secondary N) is 1. The van der Waals surface area contributed by atoms with Gasteiger partial charge in [0.2, 0.25) is 0 Å². The lowest BCUT2D eigenvalue weighted by Crippen LogP contribution is -2.11. The Morgan fingerprint density at radius 3 is 2.93 bits per heavy atom. The van der Waals surface area contributed by atoms with Gasteiger partial charge in [0.15, 0.2) is 0 Å². The second kappa shape index (κ2) is 3.54. The van der Waals surface area contributed by atoms with E-state index in [-0.39, 0.29) is 17.8 Å². The zero-order chi connectivity index (χ0) is 10.8. The Labute approximate surface area is 84.8 Å². The monoisotopic (exact) mass is 202 g/mol. The number of pyridine rings is 1. The summed E-state index contributed by atoms with van der Waals surface area (Å²) in [6.07, 6.45) is 0.0296. The molecule has 1 aromatic heterocycles. The van der Waals surface area contributed by atoms with Gasteiger partial charge in [0.1, 0.15) is 5.82 Å². The highest BCUT2D eigenvalue weighted by Gasteiger charge is 2.02. The number of aromatic amines is 1. The summed E-state index contributed by atoms with van der Waals surface area (Å²) in [5.74, 6) is -0.363. The van der Waals surface area contributed by atoms with Crippen LogP contribution < -0.4 is 5.56 Å². The Morgan fingerprint density at radius 1 is 1.40 bits per heavy atom. The SMILES string of the molecule is N#CCc1cc2cc(F)ccc2[nH]c1=O. The average Bonchev–Trinajstić information content (AvgIpc) is 2.20. The van der Waals surface area contributed by atoms with E-state index in [0.717, 1.165) is 0 Å². The third kappa shape index (κ3) is 1.72. The number of rotatable bonds is 1.